The van der Waals surface area contributed by atoms with E-state index in [0.717, 1.165) is 35.2 Å². The second kappa shape index (κ2) is 9.74. The average Bonchev–Trinajstić information content (AvgIpc) is 3.05. The number of anilines is 1. The van der Waals surface area contributed by atoms with E-state index in [9.17, 15) is 14.7 Å². The number of rotatable bonds is 6. The molecule has 0 amide bonds. The molecular formula is C27H30N2O6. The maximum absolute atomic E-state index is 13.7. The highest BCUT2D eigenvalue weighted by Gasteiger charge is 2.30. The number of aromatic nitrogens is 1. The predicted octanol–water partition coefficient (Wildman–Crippen LogP) is 3.63. The summed E-state index contributed by atoms with van der Waals surface area (Å²) in [5.41, 5.74) is 3.92. The van der Waals surface area contributed by atoms with Gasteiger partial charge in [0.1, 0.15) is 17.2 Å². The number of esters is 1. The third kappa shape index (κ3) is 4.32. The lowest BCUT2D eigenvalue weighted by Crippen LogP contribution is -2.30. The van der Waals surface area contributed by atoms with Crippen LogP contribution >= 0.6 is 0 Å². The molecule has 0 saturated carbocycles. The van der Waals surface area contributed by atoms with Gasteiger partial charge in [-0.2, -0.15) is 0 Å². The normalized spacial score (nSPS) is 12.3. The van der Waals surface area contributed by atoms with E-state index in [0.29, 0.717) is 29.2 Å². The first kappa shape index (κ1) is 24.2. The first-order chi connectivity index (χ1) is 16.8. The minimum absolute atomic E-state index is 0.132. The number of hydrogen-bond acceptors (Lipinski definition) is 7. The van der Waals surface area contributed by atoms with Crippen molar-refractivity contribution in [3.05, 3.63) is 69.0 Å². The number of ether oxygens (including phenoxy) is 3. The second-order valence-corrected chi connectivity index (χ2v) is 8.70. The van der Waals surface area contributed by atoms with Crippen LogP contribution in [0.1, 0.15) is 33.5 Å². The monoisotopic (exact) mass is 478 g/mol. The fourth-order valence-electron chi connectivity index (χ4n) is 4.65. The number of fused-ring (bicyclic) bond motifs is 3. The number of benzene rings is 2. The molecule has 8 heteroatoms. The minimum atomic E-state index is -0.863. The van der Waals surface area contributed by atoms with E-state index in [1.54, 1.807) is 30.9 Å². The molecule has 1 aromatic heterocycles. The molecule has 0 radical (unpaired) electrons. The average molecular weight is 479 g/mol. The topological polar surface area (TPSA) is 90.2 Å². The minimum Gasteiger partial charge on any atom is -0.506 e. The van der Waals surface area contributed by atoms with E-state index >= 15 is 0 Å². The highest BCUT2D eigenvalue weighted by atomic mass is 16.5. The molecule has 1 heterocycles. The van der Waals surface area contributed by atoms with Crippen LogP contribution in [0.5, 0.6) is 17.2 Å². The zero-order valence-electron chi connectivity index (χ0n) is 20.7. The highest BCUT2D eigenvalue weighted by molar-refractivity contribution is 5.93. The summed E-state index contributed by atoms with van der Waals surface area (Å²) in [5.74, 6) is 0.00582. The summed E-state index contributed by atoms with van der Waals surface area (Å²) in [6, 6.07) is 11.4. The Morgan fingerprint density at radius 3 is 2.49 bits per heavy atom. The Hall–Kier alpha value is -3.94. The van der Waals surface area contributed by atoms with Gasteiger partial charge in [-0.1, -0.05) is 6.07 Å². The van der Waals surface area contributed by atoms with Crippen molar-refractivity contribution in [3.8, 4) is 28.5 Å². The van der Waals surface area contributed by atoms with E-state index in [4.69, 9.17) is 14.2 Å². The number of carbonyl (C=O) groups is 1. The maximum atomic E-state index is 13.7. The molecule has 0 fully saturated rings. The van der Waals surface area contributed by atoms with E-state index in [1.807, 2.05) is 37.2 Å². The number of nitrogens with zero attached hydrogens (tertiary/aromatic N) is 2. The second-order valence-electron chi connectivity index (χ2n) is 8.70. The van der Waals surface area contributed by atoms with Crippen molar-refractivity contribution in [2.45, 2.75) is 25.8 Å². The number of carbonyl (C=O) groups excluding carboxylic acids is 1. The first-order valence-electron chi connectivity index (χ1n) is 11.4. The molecule has 0 aliphatic heterocycles. The molecule has 0 atom stereocenters. The van der Waals surface area contributed by atoms with E-state index in [-0.39, 0.29) is 17.9 Å². The fourth-order valence-corrected chi connectivity index (χ4v) is 4.65. The summed E-state index contributed by atoms with van der Waals surface area (Å²) in [5, 5.41) is 11.1. The van der Waals surface area contributed by atoms with E-state index in [2.05, 4.69) is 6.07 Å². The van der Waals surface area contributed by atoms with Gasteiger partial charge in [0.05, 0.1) is 33.6 Å². The lowest BCUT2D eigenvalue weighted by molar-refractivity contribution is 0.0594. The summed E-state index contributed by atoms with van der Waals surface area (Å²) in [4.78, 5) is 28.3. The quantitative estimate of drug-likeness (QED) is 0.541. The van der Waals surface area contributed by atoms with Crippen molar-refractivity contribution >= 4 is 11.7 Å². The Kier molecular flexibility index (Phi) is 6.73. The van der Waals surface area contributed by atoms with Crippen LogP contribution in [0, 0.1) is 0 Å². The van der Waals surface area contributed by atoms with Gasteiger partial charge in [0.15, 0.2) is 5.56 Å². The Bertz CT molecular complexity index is 1340. The van der Waals surface area contributed by atoms with Crippen LogP contribution in [0.4, 0.5) is 5.69 Å². The van der Waals surface area contributed by atoms with Gasteiger partial charge < -0.3 is 28.8 Å². The molecule has 1 aliphatic rings. The molecular weight excluding hydrogens is 448 g/mol. The van der Waals surface area contributed by atoms with Crippen molar-refractivity contribution in [3.63, 3.8) is 0 Å². The molecule has 0 spiro atoms. The molecule has 1 N–H and O–H groups in total. The van der Waals surface area contributed by atoms with Gasteiger partial charge in [-0.25, -0.2) is 4.79 Å². The number of aromatic hydroxyl groups is 1. The summed E-state index contributed by atoms with van der Waals surface area (Å²) < 4.78 is 17.3. The van der Waals surface area contributed by atoms with Crippen LogP contribution in [-0.2, 0) is 24.1 Å². The molecule has 0 bridgehead atoms. The lowest BCUT2D eigenvalue weighted by Gasteiger charge is -2.22. The molecule has 1 aliphatic carbocycles. The zero-order chi connectivity index (χ0) is 25.3. The molecule has 3 aromatic rings. The van der Waals surface area contributed by atoms with Crippen molar-refractivity contribution in [2.24, 2.45) is 0 Å². The maximum Gasteiger partial charge on any atom is 0.347 e. The van der Waals surface area contributed by atoms with E-state index < -0.39 is 11.5 Å². The van der Waals surface area contributed by atoms with Crippen molar-refractivity contribution < 1.29 is 24.1 Å². The molecule has 4 rings (SSSR count). The highest BCUT2D eigenvalue weighted by Crippen LogP contribution is 2.39. The van der Waals surface area contributed by atoms with Crippen LogP contribution in [0.25, 0.3) is 11.3 Å². The van der Waals surface area contributed by atoms with Gasteiger partial charge in [-0.3, -0.25) is 4.79 Å². The Labute approximate surface area is 204 Å². The Morgan fingerprint density at radius 2 is 1.83 bits per heavy atom. The van der Waals surface area contributed by atoms with Gasteiger partial charge in [-0.05, 0) is 49.1 Å². The van der Waals surface area contributed by atoms with Crippen LogP contribution in [-0.4, -0.2) is 51.1 Å². The summed E-state index contributed by atoms with van der Waals surface area (Å²) in [6.45, 7) is 0.132. The summed E-state index contributed by atoms with van der Waals surface area (Å²) in [7, 11) is 8.28. The summed E-state index contributed by atoms with van der Waals surface area (Å²) in [6.07, 6.45) is 2.05. The number of methoxy groups -OCH3 is 3. The smallest absolute Gasteiger partial charge is 0.347 e. The standard InChI is InChI=1S/C27H30N2O6/c1-28(2)18-10-12-20-16(13-18)7-6-8-21-24(20)29(26(31)23(25(21)30)27(32)35-5)15-17-9-11-19(33-3)14-22(17)34-4/h9-14,30H,6-8,15H2,1-5H3. The Balaban J connectivity index is 2.03. The summed E-state index contributed by atoms with van der Waals surface area (Å²) >= 11 is 0. The molecule has 0 unspecified atom stereocenters. The molecule has 35 heavy (non-hydrogen) atoms. The van der Waals surface area contributed by atoms with Crippen LogP contribution < -0.4 is 19.9 Å². The van der Waals surface area contributed by atoms with Crippen LogP contribution in [0.15, 0.2) is 41.2 Å². The molecule has 184 valence electrons. The van der Waals surface area contributed by atoms with Crippen molar-refractivity contribution in [2.75, 3.05) is 40.3 Å². The number of hydrogen-bond donors (Lipinski definition) is 1. The fraction of sp³-hybridized carbons (Fsp3) is 0.333. The van der Waals surface area contributed by atoms with Gasteiger partial charge in [0.2, 0.25) is 0 Å². The van der Waals surface area contributed by atoms with Crippen LogP contribution in [0.2, 0.25) is 0 Å². The number of pyridine rings is 1. The lowest BCUT2D eigenvalue weighted by atomic mass is 9.97. The van der Waals surface area contributed by atoms with E-state index in [1.165, 1.54) is 7.11 Å². The molecule has 8 nitrogen and oxygen atoms in total. The SMILES string of the molecule is COC(=O)c1c(O)c2c(n(Cc3ccc(OC)cc3OC)c1=O)-c1ccc(N(C)C)cc1CCC2. The van der Waals surface area contributed by atoms with Gasteiger partial charge >= 0.3 is 5.97 Å². The predicted molar refractivity (Wildman–Crippen MR) is 134 cm³/mol. The third-order valence-corrected chi connectivity index (χ3v) is 6.48. The zero-order valence-corrected chi connectivity index (χ0v) is 20.7. The van der Waals surface area contributed by atoms with Crippen molar-refractivity contribution in [1.29, 1.82) is 0 Å². The van der Waals surface area contributed by atoms with Gasteiger partial charge in [0.25, 0.3) is 5.56 Å². The third-order valence-electron chi connectivity index (χ3n) is 6.48. The number of aryl methyl sites for hydroxylation is 1. The largest absolute Gasteiger partial charge is 0.506 e. The van der Waals surface area contributed by atoms with Crippen molar-refractivity contribution in [1.82, 2.24) is 4.57 Å². The van der Waals surface area contributed by atoms with Gasteiger partial charge in [-0.15, -0.1) is 0 Å². The molecule has 2 aromatic carbocycles. The Morgan fingerprint density at radius 1 is 1.06 bits per heavy atom. The first-order valence-corrected chi connectivity index (χ1v) is 11.4. The van der Waals surface area contributed by atoms with Crippen LogP contribution in [0.3, 0.4) is 0 Å². The molecule has 0 saturated heterocycles. The van der Waals surface area contributed by atoms with Gasteiger partial charge in [0, 0.05) is 42.5 Å².